The highest BCUT2D eigenvalue weighted by Crippen LogP contribution is 2.25. The van der Waals surface area contributed by atoms with Crippen molar-refractivity contribution in [1.82, 2.24) is 4.98 Å². The van der Waals surface area contributed by atoms with E-state index in [1.54, 1.807) is 11.8 Å². The highest BCUT2D eigenvalue weighted by molar-refractivity contribution is 7.99. The maximum absolute atomic E-state index is 9.35. The summed E-state index contributed by atoms with van der Waals surface area (Å²) in [6, 6.07) is 4.27. The highest BCUT2D eigenvalue weighted by Gasteiger charge is 2.19. The lowest BCUT2D eigenvalue weighted by Crippen LogP contribution is -2.31. The van der Waals surface area contributed by atoms with E-state index in [1.807, 2.05) is 19.2 Å². The van der Waals surface area contributed by atoms with Gasteiger partial charge in [0.05, 0.1) is 12.2 Å². The van der Waals surface area contributed by atoms with Crippen LogP contribution >= 0.6 is 11.8 Å². The topological polar surface area (TPSA) is 68.9 Å². The number of aromatic nitrogens is 1. The van der Waals surface area contributed by atoms with Gasteiger partial charge in [0.25, 0.3) is 0 Å². The molecule has 1 aromatic heterocycles. The fraction of sp³-hybridized carbons (Fsp3) is 0.600. The molecular weight excluding hydrogens is 270 g/mol. The summed E-state index contributed by atoms with van der Waals surface area (Å²) in [6.07, 6.45) is 6.35. The van der Waals surface area contributed by atoms with E-state index in [0.29, 0.717) is 11.4 Å². The molecule has 2 N–H and O–H groups in total. The molecule has 4 nitrogen and oxygen atoms in total. The molecule has 2 atom stereocenters. The summed E-state index contributed by atoms with van der Waals surface area (Å²) < 4.78 is 0. The smallest absolute Gasteiger partial charge is 0.144 e. The number of nitriles is 1. The van der Waals surface area contributed by atoms with Gasteiger partial charge in [0, 0.05) is 17.0 Å². The summed E-state index contributed by atoms with van der Waals surface area (Å²) in [6.45, 7) is 2.13. The monoisotopic (exact) mass is 291 g/mol. The molecule has 0 saturated heterocycles. The number of aliphatic hydroxyl groups is 1. The van der Waals surface area contributed by atoms with E-state index in [1.165, 1.54) is 18.4 Å². The van der Waals surface area contributed by atoms with Crippen LogP contribution in [-0.4, -0.2) is 34.2 Å². The van der Waals surface area contributed by atoms with Gasteiger partial charge in [-0.25, -0.2) is 4.98 Å². The van der Waals surface area contributed by atoms with Crippen molar-refractivity contribution in [2.45, 2.75) is 43.9 Å². The number of nitrogens with zero attached hydrogens (tertiary/aromatic N) is 2. The lowest BCUT2D eigenvalue weighted by Gasteiger charge is -2.24. The molecule has 0 fully saturated rings. The van der Waals surface area contributed by atoms with E-state index < -0.39 is 0 Å². The van der Waals surface area contributed by atoms with Gasteiger partial charge in [0.2, 0.25) is 0 Å². The summed E-state index contributed by atoms with van der Waals surface area (Å²) in [5.74, 6) is 0.660. The Hall–Kier alpha value is -1.25. The molecule has 0 aromatic carbocycles. The van der Waals surface area contributed by atoms with Crippen molar-refractivity contribution < 1.29 is 5.11 Å². The minimum Gasteiger partial charge on any atom is -0.395 e. The molecule has 2 unspecified atom stereocenters. The van der Waals surface area contributed by atoms with Gasteiger partial charge < -0.3 is 10.4 Å². The molecule has 2 rings (SSSR count). The SMILES string of the molecule is CSC(CO)C(C)Nc1nc2c(cc1C#N)CCCC2. The van der Waals surface area contributed by atoms with Crippen molar-refractivity contribution in [1.29, 1.82) is 5.26 Å². The van der Waals surface area contributed by atoms with Crippen LogP contribution in [-0.2, 0) is 12.8 Å². The Labute approximate surface area is 124 Å². The van der Waals surface area contributed by atoms with Crippen molar-refractivity contribution in [2.24, 2.45) is 0 Å². The van der Waals surface area contributed by atoms with Crippen molar-refractivity contribution >= 4 is 17.6 Å². The molecule has 0 bridgehead atoms. The number of rotatable bonds is 5. The largest absolute Gasteiger partial charge is 0.395 e. The molecule has 1 heterocycles. The fourth-order valence-electron chi connectivity index (χ4n) is 2.57. The number of aliphatic hydroxyl groups excluding tert-OH is 1. The molecule has 1 aliphatic rings. The number of hydrogen-bond acceptors (Lipinski definition) is 5. The lowest BCUT2D eigenvalue weighted by molar-refractivity contribution is 0.288. The third-order valence-corrected chi connectivity index (χ3v) is 4.99. The third kappa shape index (κ3) is 3.25. The maximum atomic E-state index is 9.35. The van der Waals surface area contributed by atoms with Crippen molar-refractivity contribution in [3.8, 4) is 6.07 Å². The number of thioether (sulfide) groups is 1. The van der Waals surface area contributed by atoms with Gasteiger partial charge in [-0.1, -0.05) is 0 Å². The minimum atomic E-state index is 0.0660. The van der Waals surface area contributed by atoms with Crippen LogP contribution in [0, 0.1) is 11.3 Å². The van der Waals surface area contributed by atoms with E-state index >= 15 is 0 Å². The average molecular weight is 291 g/mol. The van der Waals surface area contributed by atoms with Gasteiger partial charge in [-0.05, 0) is 50.5 Å². The Morgan fingerprint density at radius 1 is 1.50 bits per heavy atom. The molecule has 5 heteroatoms. The molecule has 108 valence electrons. The summed E-state index contributed by atoms with van der Waals surface area (Å²) in [7, 11) is 0. The minimum absolute atomic E-state index is 0.0660. The first-order valence-electron chi connectivity index (χ1n) is 7.02. The second kappa shape index (κ2) is 6.96. The second-order valence-electron chi connectivity index (χ2n) is 5.20. The highest BCUT2D eigenvalue weighted by atomic mass is 32.2. The van der Waals surface area contributed by atoms with Crippen LogP contribution in [0.2, 0.25) is 0 Å². The van der Waals surface area contributed by atoms with E-state index in [9.17, 15) is 10.4 Å². The quantitative estimate of drug-likeness (QED) is 0.871. The Morgan fingerprint density at radius 3 is 2.90 bits per heavy atom. The van der Waals surface area contributed by atoms with Gasteiger partial charge in [0.15, 0.2) is 0 Å². The summed E-state index contributed by atoms with van der Waals surface area (Å²) in [5.41, 5.74) is 2.94. The van der Waals surface area contributed by atoms with E-state index in [0.717, 1.165) is 18.5 Å². The number of hydrogen-bond donors (Lipinski definition) is 2. The normalized spacial score (nSPS) is 16.9. The first kappa shape index (κ1) is 15.1. The van der Waals surface area contributed by atoms with Crippen molar-refractivity contribution in [3.05, 3.63) is 22.9 Å². The standard InChI is InChI=1S/C15H21N3OS/c1-10(14(9-19)20-2)17-15-12(8-16)7-11-5-3-4-6-13(11)18-15/h7,10,14,19H,3-6,9H2,1-2H3,(H,17,18). The van der Waals surface area contributed by atoms with Crippen LogP contribution in [0.15, 0.2) is 6.07 Å². The van der Waals surface area contributed by atoms with Crippen LogP contribution in [0.25, 0.3) is 0 Å². The molecule has 0 radical (unpaired) electrons. The van der Waals surface area contributed by atoms with Crippen LogP contribution in [0.4, 0.5) is 5.82 Å². The molecule has 20 heavy (non-hydrogen) atoms. The average Bonchev–Trinajstić information content (AvgIpc) is 2.47. The molecule has 1 aliphatic carbocycles. The van der Waals surface area contributed by atoms with E-state index in [4.69, 9.17) is 0 Å². The van der Waals surface area contributed by atoms with Gasteiger partial charge in [-0.2, -0.15) is 17.0 Å². The van der Waals surface area contributed by atoms with Gasteiger partial charge in [0.1, 0.15) is 11.9 Å². The van der Waals surface area contributed by atoms with E-state index in [-0.39, 0.29) is 17.9 Å². The zero-order valence-electron chi connectivity index (χ0n) is 12.0. The van der Waals surface area contributed by atoms with Crippen molar-refractivity contribution in [3.63, 3.8) is 0 Å². The Kier molecular flexibility index (Phi) is 5.27. The van der Waals surface area contributed by atoms with Gasteiger partial charge >= 0.3 is 0 Å². The number of anilines is 1. The third-order valence-electron chi connectivity index (χ3n) is 3.83. The molecule has 0 spiro atoms. The predicted molar refractivity (Wildman–Crippen MR) is 83.1 cm³/mol. The summed E-state index contributed by atoms with van der Waals surface area (Å²) in [4.78, 5) is 4.65. The van der Waals surface area contributed by atoms with E-state index in [2.05, 4.69) is 16.4 Å². The molecule has 0 aliphatic heterocycles. The number of nitrogens with one attached hydrogen (secondary N) is 1. The predicted octanol–water partition coefficient (Wildman–Crippen LogP) is 2.36. The van der Waals surface area contributed by atoms with Gasteiger partial charge in [-0.3, -0.25) is 0 Å². The Balaban J connectivity index is 2.24. The summed E-state index contributed by atoms with van der Waals surface area (Å²) >= 11 is 1.62. The molecule has 1 aromatic rings. The number of pyridine rings is 1. The maximum Gasteiger partial charge on any atom is 0.144 e. The number of fused-ring (bicyclic) bond motifs is 1. The molecule has 0 amide bonds. The summed E-state index contributed by atoms with van der Waals surface area (Å²) in [5, 5.41) is 22.0. The van der Waals surface area contributed by atoms with Crippen LogP contribution < -0.4 is 5.32 Å². The number of aryl methyl sites for hydroxylation is 2. The molecule has 0 saturated carbocycles. The first-order chi connectivity index (χ1) is 9.69. The van der Waals surface area contributed by atoms with Crippen LogP contribution in [0.5, 0.6) is 0 Å². The Morgan fingerprint density at radius 2 is 2.25 bits per heavy atom. The zero-order chi connectivity index (χ0) is 14.5. The first-order valence-corrected chi connectivity index (χ1v) is 8.31. The fourth-order valence-corrected chi connectivity index (χ4v) is 3.20. The van der Waals surface area contributed by atoms with Crippen LogP contribution in [0.3, 0.4) is 0 Å². The second-order valence-corrected chi connectivity index (χ2v) is 6.28. The zero-order valence-corrected chi connectivity index (χ0v) is 12.8. The van der Waals surface area contributed by atoms with Gasteiger partial charge in [-0.15, -0.1) is 0 Å². The Bertz CT molecular complexity index is 509. The van der Waals surface area contributed by atoms with Crippen LogP contribution in [0.1, 0.15) is 36.6 Å². The lowest BCUT2D eigenvalue weighted by atomic mass is 9.95. The molecular formula is C15H21N3OS. The van der Waals surface area contributed by atoms with Crippen molar-refractivity contribution in [2.75, 3.05) is 18.2 Å².